The molecule has 0 atom stereocenters. The van der Waals surface area contributed by atoms with Gasteiger partial charge in [-0.05, 0) is 37.5 Å². The molecule has 0 radical (unpaired) electrons. The molecule has 132 valence electrons. The van der Waals surface area contributed by atoms with E-state index in [-0.39, 0.29) is 0 Å². The second kappa shape index (κ2) is 5.81. The van der Waals surface area contributed by atoms with E-state index in [1.54, 1.807) is 0 Å². The van der Waals surface area contributed by atoms with Gasteiger partial charge in [0, 0.05) is 24.2 Å². The van der Waals surface area contributed by atoms with Crippen LogP contribution in [0.4, 0.5) is 5.82 Å². The van der Waals surface area contributed by atoms with Gasteiger partial charge >= 0.3 is 0 Å². The summed E-state index contributed by atoms with van der Waals surface area (Å²) in [5.74, 6) is 0.497. The van der Waals surface area contributed by atoms with Crippen molar-refractivity contribution in [1.29, 1.82) is 0 Å². The molecule has 26 heavy (non-hydrogen) atoms. The average molecular weight is 348 g/mol. The fourth-order valence-corrected chi connectivity index (χ4v) is 3.88. The molecule has 1 aromatic carbocycles. The van der Waals surface area contributed by atoms with Crippen molar-refractivity contribution in [3.05, 3.63) is 42.4 Å². The van der Waals surface area contributed by atoms with E-state index < -0.39 is 0 Å². The lowest BCUT2D eigenvalue weighted by Crippen LogP contribution is -2.20. The number of hydrogen-bond donors (Lipinski definition) is 1. The van der Waals surface area contributed by atoms with Crippen molar-refractivity contribution in [1.82, 2.24) is 24.4 Å². The molecule has 5 rings (SSSR count). The van der Waals surface area contributed by atoms with Gasteiger partial charge in [-0.1, -0.05) is 12.1 Å². The lowest BCUT2D eigenvalue weighted by Gasteiger charge is -2.23. The van der Waals surface area contributed by atoms with Crippen molar-refractivity contribution < 1.29 is 4.74 Å². The number of nitrogens with two attached hydrogens (primary N) is 1. The molecule has 0 spiro atoms. The summed E-state index contributed by atoms with van der Waals surface area (Å²) in [7, 11) is 0. The molecule has 4 aromatic rings. The van der Waals surface area contributed by atoms with Gasteiger partial charge in [-0.3, -0.25) is 4.68 Å². The molecule has 4 heterocycles. The average Bonchev–Trinajstić information content (AvgIpc) is 3.24. The van der Waals surface area contributed by atoms with Gasteiger partial charge in [0.2, 0.25) is 0 Å². The van der Waals surface area contributed by atoms with Gasteiger partial charge in [-0.2, -0.15) is 10.2 Å². The molecule has 7 nitrogen and oxygen atoms in total. The van der Waals surface area contributed by atoms with Crippen LogP contribution in [0.2, 0.25) is 0 Å². The van der Waals surface area contributed by atoms with E-state index in [2.05, 4.69) is 44.1 Å². The van der Waals surface area contributed by atoms with Gasteiger partial charge in [-0.15, -0.1) is 0 Å². The van der Waals surface area contributed by atoms with Gasteiger partial charge in [0.05, 0.1) is 23.4 Å². The zero-order valence-corrected chi connectivity index (χ0v) is 14.6. The Morgan fingerprint density at radius 1 is 1.15 bits per heavy atom. The summed E-state index contributed by atoms with van der Waals surface area (Å²) in [5.41, 5.74) is 11.2. The van der Waals surface area contributed by atoms with Crippen molar-refractivity contribution in [3.8, 4) is 11.3 Å². The predicted octanol–water partition coefficient (Wildman–Crippen LogP) is 2.99. The van der Waals surface area contributed by atoms with Gasteiger partial charge < -0.3 is 10.5 Å². The molecule has 0 aliphatic carbocycles. The number of ether oxygens (including phenoxy) is 1. The SMILES string of the molecule is Cc1cc(-c2ccc3cnn(C4CCOCC4)c3c2)n2ncnc(N)c12. The number of nitrogens with zero attached hydrogens (tertiary/aromatic N) is 5. The second-order valence-corrected chi connectivity index (χ2v) is 6.82. The molecule has 0 saturated carbocycles. The minimum absolute atomic E-state index is 0.389. The monoisotopic (exact) mass is 348 g/mol. The number of aromatic nitrogens is 5. The van der Waals surface area contributed by atoms with Crippen molar-refractivity contribution >= 4 is 22.2 Å². The molecule has 1 fully saturated rings. The summed E-state index contributed by atoms with van der Waals surface area (Å²) in [6, 6.07) is 8.92. The van der Waals surface area contributed by atoms with Gasteiger partial charge in [0.1, 0.15) is 11.8 Å². The van der Waals surface area contributed by atoms with Crippen LogP contribution in [-0.2, 0) is 4.74 Å². The normalized spacial score (nSPS) is 15.9. The van der Waals surface area contributed by atoms with Gasteiger partial charge in [0.15, 0.2) is 5.82 Å². The number of hydrogen-bond acceptors (Lipinski definition) is 5. The van der Waals surface area contributed by atoms with Crippen molar-refractivity contribution in [2.75, 3.05) is 18.9 Å². The zero-order valence-electron chi connectivity index (χ0n) is 14.6. The Labute approximate surface area is 150 Å². The van der Waals surface area contributed by atoms with Gasteiger partial charge in [-0.25, -0.2) is 9.50 Å². The van der Waals surface area contributed by atoms with Gasteiger partial charge in [0.25, 0.3) is 0 Å². The second-order valence-electron chi connectivity index (χ2n) is 6.82. The highest BCUT2D eigenvalue weighted by molar-refractivity contribution is 5.86. The molecule has 1 saturated heterocycles. The maximum atomic E-state index is 6.05. The van der Waals surface area contributed by atoms with Crippen molar-refractivity contribution in [2.45, 2.75) is 25.8 Å². The van der Waals surface area contributed by atoms with Crippen molar-refractivity contribution in [3.63, 3.8) is 0 Å². The first-order valence-corrected chi connectivity index (χ1v) is 8.86. The minimum Gasteiger partial charge on any atom is -0.382 e. The fraction of sp³-hybridized carbons (Fsp3) is 0.316. The lowest BCUT2D eigenvalue weighted by atomic mass is 10.1. The van der Waals surface area contributed by atoms with Crippen LogP contribution in [0, 0.1) is 6.92 Å². The smallest absolute Gasteiger partial charge is 0.151 e. The Morgan fingerprint density at radius 3 is 2.85 bits per heavy atom. The third kappa shape index (κ3) is 2.28. The standard InChI is InChI=1S/C19H20N6O/c1-12-8-16(25-18(12)19(20)21-11-23-25)13-2-3-14-10-22-24(17(14)9-13)15-4-6-26-7-5-15/h2-3,8-11,15H,4-7H2,1H3,(H2,20,21,23). The first-order valence-electron chi connectivity index (χ1n) is 8.86. The van der Waals surface area contributed by atoms with E-state index in [1.165, 1.54) is 6.33 Å². The molecule has 1 aliphatic rings. The van der Waals surface area contributed by atoms with Crippen LogP contribution in [0.3, 0.4) is 0 Å². The topological polar surface area (TPSA) is 83.3 Å². The Morgan fingerprint density at radius 2 is 2.00 bits per heavy atom. The van der Waals surface area contributed by atoms with Crippen LogP contribution in [0.15, 0.2) is 36.8 Å². The van der Waals surface area contributed by atoms with E-state index in [1.807, 2.05) is 17.6 Å². The highest BCUT2D eigenvalue weighted by atomic mass is 16.5. The highest BCUT2D eigenvalue weighted by Gasteiger charge is 2.19. The van der Waals surface area contributed by atoms with Crippen LogP contribution in [0.5, 0.6) is 0 Å². The lowest BCUT2D eigenvalue weighted by molar-refractivity contribution is 0.0675. The fourth-order valence-electron chi connectivity index (χ4n) is 3.88. The van der Waals surface area contributed by atoms with Crippen LogP contribution >= 0.6 is 0 Å². The number of fused-ring (bicyclic) bond motifs is 2. The van der Waals surface area contributed by atoms with Crippen LogP contribution in [0.1, 0.15) is 24.4 Å². The first kappa shape index (κ1) is 15.3. The predicted molar refractivity (Wildman–Crippen MR) is 100.0 cm³/mol. The summed E-state index contributed by atoms with van der Waals surface area (Å²) >= 11 is 0. The first-order chi connectivity index (χ1) is 12.7. The van der Waals surface area contributed by atoms with E-state index in [4.69, 9.17) is 10.5 Å². The maximum absolute atomic E-state index is 6.05. The number of anilines is 1. The van der Waals surface area contributed by atoms with E-state index in [0.29, 0.717) is 11.9 Å². The summed E-state index contributed by atoms with van der Waals surface area (Å²) < 4.78 is 9.51. The van der Waals surface area contributed by atoms with Crippen molar-refractivity contribution in [2.24, 2.45) is 0 Å². The Hall–Kier alpha value is -2.93. The molecular formula is C19H20N6O. The van der Waals surface area contributed by atoms with E-state index in [9.17, 15) is 0 Å². The molecule has 7 heteroatoms. The number of aryl methyl sites for hydroxylation is 1. The number of nitrogen functional groups attached to an aromatic ring is 1. The van der Waals surface area contributed by atoms with E-state index in [0.717, 1.165) is 59.3 Å². The molecule has 1 aliphatic heterocycles. The summed E-state index contributed by atoms with van der Waals surface area (Å²) in [5, 5.41) is 10.2. The molecule has 0 amide bonds. The summed E-state index contributed by atoms with van der Waals surface area (Å²) in [6.07, 6.45) is 5.43. The molecular weight excluding hydrogens is 328 g/mol. The third-order valence-electron chi connectivity index (χ3n) is 5.20. The number of benzene rings is 1. The molecule has 2 N–H and O–H groups in total. The third-order valence-corrected chi connectivity index (χ3v) is 5.20. The van der Waals surface area contributed by atoms with Crippen LogP contribution in [0.25, 0.3) is 27.7 Å². The Balaban J connectivity index is 1.67. The Bertz CT molecular complexity index is 1110. The summed E-state index contributed by atoms with van der Waals surface area (Å²) in [4.78, 5) is 4.11. The largest absolute Gasteiger partial charge is 0.382 e. The Kier molecular flexibility index (Phi) is 3.43. The van der Waals surface area contributed by atoms with E-state index >= 15 is 0 Å². The quantitative estimate of drug-likeness (QED) is 0.602. The minimum atomic E-state index is 0.389. The highest BCUT2D eigenvalue weighted by Crippen LogP contribution is 2.31. The molecule has 0 bridgehead atoms. The van der Waals surface area contributed by atoms with Crippen LogP contribution < -0.4 is 5.73 Å². The number of rotatable bonds is 2. The molecule has 0 unspecified atom stereocenters. The van der Waals surface area contributed by atoms with Crippen LogP contribution in [-0.4, -0.2) is 37.6 Å². The molecule has 3 aromatic heterocycles. The maximum Gasteiger partial charge on any atom is 0.151 e. The summed E-state index contributed by atoms with van der Waals surface area (Å²) in [6.45, 7) is 3.62. The zero-order chi connectivity index (χ0) is 17.7.